The number of carboxylic acid groups (broad SMARTS) is 1. The maximum atomic E-state index is 14.5. The number of sulfonamides is 1. The number of halogens is 5. The number of amides is 1. The number of carbonyl (C=O) groups excluding carboxylic acids is 1. The molecule has 1 saturated carbocycles. The summed E-state index contributed by atoms with van der Waals surface area (Å²) in [7, 11) is -4.65. The highest BCUT2D eigenvalue weighted by molar-refractivity contribution is 7.89. The largest absolute Gasteiger partial charge is 0.488 e. The molecule has 14 heteroatoms. The van der Waals surface area contributed by atoms with E-state index in [0.717, 1.165) is 31.0 Å². The van der Waals surface area contributed by atoms with Crippen LogP contribution in [0, 0.1) is 35.0 Å². The number of hydrogen-bond acceptors (Lipinski definition) is 5. The van der Waals surface area contributed by atoms with Crippen molar-refractivity contribution in [2.45, 2.75) is 30.8 Å². The molecule has 0 aliphatic heterocycles. The highest BCUT2D eigenvalue weighted by atomic mass is 32.2. The van der Waals surface area contributed by atoms with Gasteiger partial charge < -0.3 is 14.7 Å². The topological polar surface area (TPSA) is 104 Å². The van der Waals surface area contributed by atoms with Gasteiger partial charge in [-0.25, -0.2) is 35.2 Å². The quantitative estimate of drug-likeness (QED) is 0.100. The standard InChI is InChI=1S/C34H29F5N2O6S/c1-40(48(45,46)33-30(38)28(36)27(35)29(37)31(33)39)18-26(42)41(17-21-12-13-21)25-15-14-23(34(43)44)32(47-19-22-10-6-3-7-11-22)24(25)16-20-8-4-2-5-9-20/h2-11,14-15,21H,12-13,16-19H2,1H3,(H,43,44). The third-order valence-corrected chi connectivity index (χ3v) is 9.67. The van der Waals surface area contributed by atoms with Gasteiger partial charge in [0.05, 0.1) is 12.2 Å². The number of anilines is 1. The molecule has 0 unspecified atom stereocenters. The van der Waals surface area contributed by atoms with E-state index < -0.39 is 62.4 Å². The van der Waals surface area contributed by atoms with Crippen LogP contribution < -0.4 is 9.64 Å². The molecule has 0 spiro atoms. The van der Waals surface area contributed by atoms with E-state index in [4.69, 9.17) is 4.74 Å². The molecule has 0 atom stereocenters. The predicted molar refractivity (Wildman–Crippen MR) is 165 cm³/mol. The van der Waals surface area contributed by atoms with E-state index in [1.165, 1.54) is 17.0 Å². The minimum atomic E-state index is -5.42. The minimum absolute atomic E-state index is 0.00320. The fourth-order valence-electron chi connectivity index (χ4n) is 5.13. The fraction of sp³-hybridized carbons (Fsp3) is 0.235. The highest BCUT2D eigenvalue weighted by Crippen LogP contribution is 2.39. The van der Waals surface area contributed by atoms with Gasteiger partial charge in [-0.15, -0.1) is 0 Å². The molecular formula is C34H29F5N2O6S. The van der Waals surface area contributed by atoms with Crippen molar-refractivity contribution in [3.63, 3.8) is 0 Å². The molecular weight excluding hydrogens is 659 g/mol. The molecule has 0 aromatic heterocycles. The normalized spacial score (nSPS) is 13.1. The second-order valence-electron chi connectivity index (χ2n) is 11.3. The van der Waals surface area contributed by atoms with Crippen LogP contribution >= 0.6 is 0 Å². The van der Waals surface area contributed by atoms with E-state index in [9.17, 15) is 45.1 Å². The first-order chi connectivity index (χ1) is 22.8. The zero-order valence-corrected chi connectivity index (χ0v) is 26.2. The first kappa shape index (κ1) is 34.5. The van der Waals surface area contributed by atoms with Crippen LogP contribution in [0.2, 0.25) is 0 Å². The molecule has 0 radical (unpaired) electrons. The van der Waals surface area contributed by atoms with E-state index in [1.807, 2.05) is 0 Å². The van der Waals surface area contributed by atoms with Gasteiger partial charge in [0.25, 0.3) is 0 Å². The molecule has 1 aliphatic carbocycles. The van der Waals surface area contributed by atoms with Crippen LogP contribution in [0.1, 0.15) is 39.9 Å². The SMILES string of the molecule is CN(CC(=O)N(CC1CC1)c1ccc(C(=O)O)c(OCc2ccccc2)c1Cc1ccccc1)S(=O)(=O)c1c(F)c(F)c(F)c(F)c1F. The Kier molecular flexibility index (Phi) is 10.2. The van der Waals surface area contributed by atoms with Crippen LogP contribution in [-0.4, -0.2) is 49.8 Å². The Hall–Kier alpha value is -4.82. The zero-order chi connectivity index (χ0) is 34.7. The third kappa shape index (κ3) is 7.19. The summed E-state index contributed by atoms with van der Waals surface area (Å²) in [6.07, 6.45) is 1.57. The molecule has 1 N–H and O–H groups in total. The monoisotopic (exact) mass is 688 g/mol. The fourth-order valence-corrected chi connectivity index (χ4v) is 6.35. The summed E-state index contributed by atoms with van der Waals surface area (Å²) in [5.74, 6) is -14.8. The lowest BCUT2D eigenvalue weighted by Gasteiger charge is -2.29. The van der Waals surface area contributed by atoms with Crippen LogP contribution in [-0.2, 0) is 27.8 Å². The first-order valence-corrected chi connectivity index (χ1v) is 16.1. The number of aromatic carboxylic acids is 1. The van der Waals surface area contributed by atoms with Crippen LogP contribution in [0.3, 0.4) is 0 Å². The van der Waals surface area contributed by atoms with E-state index >= 15 is 0 Å². The Morgan fingerprint density at radius 3 is 1.90 bits per heavy atom. The van der Waals surface area contributed by atoms with Gasteiger partial charge in [0.1, 0.15) is 17.9 Å². The summed E-state index contributed by atoms with van der Waals surface area (Å²) in [5, 5.41) is 10.1. The van der Waals surface area contributed by atoms with Crippen molar-refractivity contribution in [3.8, 4) is 5.75 Å². The average Bonchev–Trinajstić information content (AvgIpc) is 3.90. The summed E-state index contributed by atoms with van der Waals surface area (Å²) < 4.78 is 103. The van der Waals surface area contributed by atoms with Gasteiger partial charge in [0.15, 0.2) is 28.2 Å². The molecule has 1 fully saturated rings. The van der Waals surface area contributed by atoms with Gasteiger partial charge in [0, 0.05) is 25.6 Å². The van der Waals surface area contributed by atoms with E-state index in [1.54, 1.807) is 60.7 Å². The van der Waals surface area contributed by atoms with E-state index in [0.29, 0.717) is 5.56 Å². The molecule has 1 aliphatic rings. The maximum absolute atomic E-state index is 14.5. The summed E-state index contributed by atoms with van der Waals surface area (Å²) in [6, 6.07) is 20.5. The van der Waals surface area contributed by atoms with Gasteiger partial charge in [-0.05, 0) is 42.0 Å². The second-order valence-corrected chi connectivity index (χ2v) is 13.3. The Bertz CT molecular complexity index is 1930. The molecule has 0 saturated heterocycles. The van der Waals surface area contributed by atoms with E-state index in [2.05, 4.69) is 0 Å². The van der Waals surface area contributed by atoms with Crippen LogP contribution in [0.25, 0.3) is 0 Å². The number of ether oxygens (including phenoxy) is 1. The van der Waals surface area contributed by atoms with Crippen molar-refractivity contribution in [1.82, 2.24) is 4.31 Å². The second kappa shape index (κ2) is 14.1. The molecule has 252 valence electrons. The van der Waals surface area contributed by atoms with Crippen molar-refractivity contribution >= 4 is 27.6 Å². The number of carboxylic acids is 1. The predicted octanol–water partition coefficient (Wildman–Crippen LogP) is 6.31. The summed E-state index contributed by atoms with van der Waals surface area (Å²) in [5.41, 5.74) is 1.78. The Morgan fingerprint density at radius 1 is 0.812 bits per heavy atom. The van der Waals surface area contributed by atoms with Crippen LogP contribution in [0.15, 0.2) is 77.7 Å². The zero-order valence-electron chi connectivity index (χ0n) is 25.4. The van der Waals surface area contributed by atoms with Gasteiger partial charge in [0.2, 0.25) is 21.7 Å². The number of likely N-dealkylation sites (N-methyl/N-ethyl adjacent to an activating group) is 1. The number of nitrogens with zero attached hydrogens (tertiary/aromatic N) is 2. The highest BCUT2D eigenvalue weighted by Gasteiger charge is 2.38. The maximum Gasteiger partial charge on any atom is 0.339 e. The van der Waals surface area contributed by atoms with Gasteiger partial charge in [-0.2, -0.15) is 4.31 Å². The molecule has 8 nitrogen and oxygen atoms in total. The lowest BCUT2D eigenvalue weighted by molar-refractivity contribution is -0.118. The molecule has 0 heterocycles. The van der Waals surface area contributed by atoms with Crippen molar-refractivity contribution in [1.29, 1.82) is 0 Å². The number of hydrogen-bond donors (Lipinski definition) is 1. The first-order valence-electron chi connectivity index (χ1n) is 14.7. The number of carbonyl (C=O) groups is 2. The molecule has 5 rings (SSSR count). The van der Waals surface area contributed by atoms with Gasteiger partial charge >= 0.3 is 5.97 Å². The lowest BCUT2D eigenvalue weighted by atomic mass is 9.98. The third-order valence-electron chi connectivity index (χ3n) is 7.84. The van der Waals surface area contributed by atoms with Crippen molar-refractivity contribution in [2.75, 3.05) is 25.0 Å². The smallest absolute Gasteiger partial charge is 0.339 e. The summed E-state index contributed by atoms with van der Waals surface area (Å²) in [6.45, 7) is -1.01. The molecule has 0 bridgehead atoms. The molecule has 4 aromatic carbocycles. The molecule has 4 aromatic rings. The van der Waals surface area contributed by atoms with Crippen molar-refractivity contribution in [3.05, 3.63) is 124 Å². The number of benzene rings is 4. The molecule has 1 amide bonds. The Balaban J connectivity index is 1.57. The summed E-state index contributed by atoms with van der Waals surface area (Å²) >= 11 is 0. The van der Waals surface area contributed by atoms with Gasteiger partial charge in [-0.3, -0.25) is 4.79 Å². The average molecular weight is 689 g/mol. The van der Waals surface area contributed by atoms with Gasteiger partial charge in [-0.1, -0.05) is 60.7 Å². The lowest BCUT2D eigenvalue weighted by Crippen LogP contribution is -2.43. The van der Waals surface area contributed by atoms with Crippen LogP contribution in [0.4, 0.5) is 27.6 Å². The minimum Gasteiger partial charge on any atom is -0.488 e. The Morgan fingerprint density at radius 2 is 1.35 bits per heavy atom. The molecule has 48 heavy (non-hydrogen) atoms. The van der Waals surface area contributed by atoms with Crippen LogP contribution in [0.5, 0.6) is 5.75 Å². The van der Waals surface area contributed by atoms with Crippen molar-refractivity contribution < 1.29 is 49.8 Å². The summed E-state index contributed by atoms with van der Waals surface area (Å²) in [4.78, 5) is 25.5. The Labute approximate surface area is 273 Å². The van der Waals surface area contributed by atoms with Crippen molar-refractivity contribution in [2.24, 2.45) is 5.92 Å². The van der Waals surface area contributed by atoms with E-state index in [-0.39, 0.29) is 46.8 Å². The number of rotatable bonds is 13.